The van der Waals surface area contributed by atoms with Crippen LogP contribution in [0.4, 0.5) is 0 Å². The SMILES string of the molecule is C=CC(=O)Oc1cccnc1CCCCCCCCCCCC.CCl. The molecule has 0 aromatic carbocycles. The summed E-state index contributed by atoms with van der Waals surface area (Å²) >= 11 is 4.64. The molecular formula is C21H34ClNO2. The highest BCUT2D eigenvalue weighted by Gasteiger charge is 2.07. The van der Waals surface area contributed by atoms with Gasteiger partial charge < -0.3 is 4.74 Å². The van der Waals surface area contributed by atoms with Crippen LogP contribution in [0.5, 0.6) is 5.75 Å². The van der Waals surface area contributed by atoms with Gasteiger partial charge in [0.15, 0.2) is 5.75 Å². The Morgan fingerprint density at radius 3 is 2.20 bits per heavy atom. The third-order valence-electron chi connectivity index (χ3n) is 3.99. The lowest BCUT2D eigenvalue weighted by atomic mass is 10.0. The second-order valence-corrected chi connectivity index (χ2v) is 6.01. The minimum absolute atomic E-state index is 0.428. The number of alkyl halides is 1. The van der Waals surface area contributed by atoms with Crippen molar-refractivity contribution in [2.45, 2.75) is 77.6 Å². The monoisotopic (exact) mass is 367 g/mol. The van der Waals surface area contributed by atoms with Crippen molar-refractivity contribution >= 4 is 17.6 Å². The summed E-state index contributed by atoms with van der Waals surface area (Å²) in [6.07, 6.45) is 18.4. The van der Waals surface area contributed by atoms with E-state index in [4.69, 9.17) is 4.74 Å². The molecule has 4 heteroatoms. The number of ether oxygens (including phenoxy) is 1. The largest absolute Gasteiger partial charge is 0.421 e. The van der Waals surface area contributed by atoms with E-state index in [1.807, 2.05) is 0 Å². The molecule has 0 unspecified atom stereocenters. The van der Waals surface area contributed by atoms with Crippen LogP contribution in [0, 0.1) is 0 Å². The molecule has 3 nitrogen and oxygen atoms in total. The molecule has 0 spiro atoms. The lowest BCUT2D eigenvalue weighted by Gasteiger charge is -2.07. The van der Waals surface area contributed by atoms with E-state index in [2.05, 4.69) is 30.1 Å². The Morgan fingerprint density at radius 1 is 1.08 bits per heavy atom. The Labute approximate surface area is 158 Å². The van der Waals surface area contributed by atoms with Crippen LogP contribution < -0.4 is 4.74 Å². The Kier molecular flexibility index (Phi) is 16.5. The zero-order valence-corrected chi connectivity index (χ0v) is 16.7. The molecule has 142 valence electrons. The first-order chi connectivity index (χ1) is 12.3. The summed E-state index contributed by atoms with van der Waals surface area (Å²) < 4.78 is 5.22. The Bertz CT molecular complexity index is 463. The standard InChI is InChI=1S/C20H31NO2.CH3Cl/c1-3-5-6-7-8-9-10-11-12-13-15-18-19(16-14-17-21-18)23-20(22)4-2;1-2/h4,14,16-17H,2-3,5-13,15H2,1H3;1H3. The minimum Gasteiger partial charge on any atom is -0.421 e. The third kappa shape index (κ3) is 12.6. The van der Waals surface area contributed by atoms with Crippen LogP contribution in [0.3, 0.4) is 0 Å². The molecule has 1 heterocycles. The van der Waals surface area contributed by atoms with Gasteiger partial charge in [-0.1, -0.05) is 71.3 Å². The van der Waals surface area contributed by atoms with E-state index in [1.165, 1.54) is 70.2 Å². The van der Waals surface area contributed by atoms with Crippen molar-refractivity contribution in [3.05, 3.63) is 36.7 Å². The lowest BCUT2D eigenvalue weighted by molar-refractivity contribution is -0.129. The van der Waals surface area contributed by atoms with Gasteiger partial charge in [0.1, 0.15) is 0 Å². The first-order valence-electron chi connectivity index (χ1n) is 9.44. The van der Waals surface area contributed by atoms with Gasteiger partial charge in [-0.05, 0) is 25.0 Å². The maximum absolute atomic E-state index is 11.3. The Balaban J connectivity index is 0.00000277. The Morgan fingerprint density at radius 2 is 1.64 bits per heavy atom. The van der Waals surface area contributed by atoms with E-state index in [-0.39, 0.29) is 0 Å². The van der Waals surface area contributed by atoms with Crippen molar-refractivity contribution in [1.29, 1.82) is 0 Å². The second kappa shape index (κ2) is 17.5. The molecular weight excluding hydrogens is 334 g/mol. The normalized spacial score (nSPS) is 9.88. The van der Waals surface area contributed by atoms with Crippen molar-refractivity contribution in [1.82, 2.24) is 4.98 Å². The van der Waals surface area contributed by atoms with Gasteiger partial charge in [-0.2, -0.15) is 0 Å². The zero-order chi connectivity index (χ0) is 18.8. The average molecular weight is 368 g/mol. The number of pyridine rings is 1. The number of nitrogens with zero attached hydrogens (tertiary/aromatic N) is 1. The highest BCUT2D eigenvalue weighted by molar-refractivity contribution is 6.15. The van der Waals surface area contributed by atoms with Gasteiger partial charge in [-0.3, -0.25) is 4.98 Å². The molecule has 0 saturated carbocycles. The van der Waals surface area contributed by atoms with Gasteiger partial charge in [0.2, 0.25) is 0 Å². The molecule has 25 heavy (non-hydrogen) atoms. The second-order valence-electron chi connectivity index (χ2n) is 6.01. The lowest BCUT2D eigenvalue weighted by Crippen LogP contribution is -2.06. The van der Waals surface area contributed by atoms with E-state index in [0.717, 1.165) is 18.5 Å². The summed E-state index contributed by atoms with van der Waals surface area (Å²) in [5, 5.41) is 0. The van der Waals surface area contributed by atoms with E-state index in [1.54, 1.807) is 18.3 Å². The molecule has 0 fully saturated rings. The van der Waals surface area contributed by atoms with E-state index in [0.29, 0.717) is 5.75 Å². The van der Waals surface area contributed by atoms with Gasteiger partial charge in [0.25, 0.3) is 0 Å². The van der Waals surface area contributed by atoms with E-state index >= 15 is 0 Å². The molecule has 0 saturated heterocycles. The molecule has 0 bridgehead atoms. The minimum atomic E-state index is -0.428. The quantitative estimate of drug-likeness (QED) is 0.173. The van der Waals surface area contributed by atoms with Crippen LogP contribution in [0.25, 0.3) is 0 Å². The van der Waals surface area contributed by atoms with E-state index in [9.17, 15) is 4.79 Å². The van der Waals surface area contributed by atoms with Crippen molar-refractivity contribution in [3.63, 3.8) is 0 Å². The van der Waals surface area contributed by atoms with Crippen molar-refractivity contribution < 1.29 is 9.53 Å². The number of hydrogen-bond acceptors (Lipinski definition) is 3. The number of rotatable bonds is 13. The number of unbranched alkanes of at least 4 members (excludes halogenated alkanes) is 9. The molecule has 0 N–H and O–H groups in total. The molecule has 1 rings (SSSR count). The molecule has 0 aliphatic carbocycles. The van der Waals surface area contributed by atoms with Crippen LogP contribution in [0.15, 0.2) is 31.0 Å². The molecule has 0 radical (unpaired) electrons. The van der Waals surface area contributed by atoms with E-state index < -0.39 is 5.97 Å². The highest BCUT2D eigenvalue weighted by Crippen LogP contribution is 2.19. The predicted octanol–water partition coefficient (Wildman–Crippen LogP) is 6.49. The maximum Gasteiger partial charge on any atom is 0.335 e. The van der Waals surface area contributed by atoms with Gasteiger partial charge in [-0.15, -0.1) is 11.6 Å². The summed E-state index contributed by atoms with van der Waals surface area (Å²) in [6.45, 7) is 5.67. The average Bonchev–Trinajstić information content (AvgIpc) is 2.66. The van der Waals surface area contributed by atoms with Crippen LogP contribution >= 0.6 is 11.6 Å². The number of aromatic nitrogens is 1. The fourth-order valence-electron chi connectivity index (χ4n) is 2.63. The first kappa shape index (κ1) is 23.6. The van der Waals surface area contributed by atoms with Gasteiger partial charge in [0, 0.05) is 18.7 Å². The fourth-order valence-corrected chi connectivity index (χ4v) is 2.63. The van der Waals surface area contributed by atoms with Crippen molar-refractivity contribution in [2.24, 2.45) is 0 Å². The van der Waals surface area contributed by atoms with Crippen LogP contribution in [-0.4, -0.2) is 17.3 Å². The molecule has 0 amide bonds. The highest BCUT2D eigenvalue weighted by atomic mass is 35.5. The number of halogens is 1. The van der Waals surface area contributed by atoms with Crippen LogP contribution in [0.2, 0.25) is 0 Å². The summed E-state index contributed by atoms with van der Waals surface area (Å²) in [5.74, 6) is 0.135. The number of carbonyl (C=O) groups is 1. The first-order valence-corrected chi connectivity index (χ1v) is 10.2. The van der Waals surface area contributed by atoms with Crippen LogP contribution in [0.1, 0.15) is 76.8 Å². The summed E-state index contributed by atoms with van der Waals surface area (Å²) in [5.41, 5.74) is 0.863. The topological polar surface area (TPSA) is 39.2 Å². The predicted molar refractivity (Wildman–Crippen MR) is 107 cm³/mol. The molecule has 1 aromatic rings. The summed E-state index contributed by atoms with van der Waals surface area (Å²) in [4.78, 5) is 15.6. The number of hydrogen-bond donors (Lipinski definition) is 0. The summed E-state index contributed by atoms with van der Waals surface area (Å²) in [7, 11) is 0. The van der Waals surface area contributed by atoms with Gasteiger partial charge in [0.05, 0.1) is 5.69 Å². The van der Waals surface area contributed by atoms with Gasteiger partial charge >= 0.3 is 5.97 Å². The van der Waals surface area contributed by atoms with Crippen molar-refractivity contribution in [2.75, 3.05) is 6.38 Å². The molecule has 0 atom stereocenters. The number of carbonyl (C=O) groups excluding carboxylic acids is 1. The maximum atomic E-state index is 11.3. The Hall–Kier alpha value is -1.35. The molecule has 0 aliphatic heterocycles. The number of esters is 1. The molecule has 1 aromatic heterocycles. The zero-order valence-electron chi connectivity index (χ0n) is 15.9. The van der Waals surface area contributed by atoms with Crippen LogP contribution in [-0.2, 0) is 11.2 Å². The third-order valence-corrected chi connectivity index (χ3v) is 3.99. The smallest absolute Gasteiger partial charge is 0.335 e. The summed E-state index contributed by atoms with van der Waals surface area (Å²) in [6, 6.07) is 3.58. The van der Waals surface area contributed by atoms with Gasteiger partial charge in [-0.25, -0.2) is 4.79 Å². The van der Waals surface area contributed by atoms with Crippen molar-refractivity contribution in [3.8, 4) is 5.75 Å². The number of aryl methyl sites for hydroxylation is 1. The molecule has 0 aliphatic rings. The fraction of sp³-hybridized carbons (Fsp3) is 0.619.